The molecule has 3 heteroatoms. The van der Waals surface area contributed by atoms with Gasteiger partial charge in [-0.1, -0.05) is 36.4 Å². The molecule has 1 heterocycles. The largest absolute Gasteiger partial charge is 0.330 e. The SMILES string of the molecule is O=C1c2cccc(I)c2CN1Cc1ccccc1. The standard InChI is InChI=1S/C15H12INO/c16-14-8-4-7-12-13(14)10-17(15(12)18)9-11-5-2-1-3-6-11/h1-8H,9-10H2. The van der Waals surface area contributed by atoms with Crippen LogP contribution < -0.4 is 0 Å². The molecule has 0 atom stereocenters. The maximum Gasteiger partial charge on any atom is 0.254 e. The van der Waals surface area contributed by atoms with Crippen LogP contribution in [0.1, 0.15) is 21.5 Å². The number of amides is 1. The number of fused-ring (bicyclic) bond motifs is 1. The van der Waals surface area contributed by atoms with Crippen molar-refractivity contribution in [2.45, 2.75) is 13.1 Å². The molecular weight excluding hydrogens is 337 g/mol. The highest BCUT2D eigenvalue weighted by Gasteiger charge is 2.28. The van der Waals surface area contributed by atoms with Crippen molar-refractivity contribution in [1.29, 1.82) is 0 Å². The Bertz CT molecular complexity index is 595. The Balaban J connectivity index is 1.87. The number of hydrogen-bond acceptors (Lipinski definition) is 1. The third-order valence-electron chi connectivity index (χ3n) is 3.20. The van der Waals surface area contributed by atoms with Crippen LogP contribution in [0.3, 0.4) is 0 Å². The molecule has 2 aromatic rings. The third kappa shape index (κ3) is 2.03. The fourth-order valence-corrected chi connectivity index (χ4v) is 2.95. The average molecular weight is 349 g/mol. The van der Waals surface area contributed by atoms with Gasteiger partial charge >= 0.3 is 0 Å². The first kappa shape index (κ1) is 11.7. The van der Waals surface area contributed by atoms with Gasteiger partial charge in [-0.25, -0.2) is 0 Å². The maximum absolute atomic E-state index is 12.3. The van der Waals surface area contributed by atoms with E-state index in [1.165, 1.54) is 14.7 Å². The second kappa shape index (κ2) is 4.72. The average Bonchev–Trinajstić information content (AvgIpc) is 2.70. The van der Waals surface area contributed by atoms with Crippen LogP contribution in [0.2, 0.25) is 0 Å². The molecule has 0 fully saturated rings. The second-order valence-electron chi connectivity index (χ2n) is 4.41. The summed E-state index contributed by atoms with van der Waals surface area (Å²) in [6, 6.07) is 16.0. The van der Waals surface area contributed by atoms with E-state index in [4.69, 9.17) is 0 Å². The molecule has 0 aliphatic carbocycles. The van der Waals surface area contributed by atoms with Gasteiger partial charge in [0.2, 0.25) is 0 Å². The van der Waals surface area contributed by atoms with E-state index in [9.17, 15) is 4.79 Å². The van der Waals surface area contributed by atoms with Crippen LogP contribution in [-0.4, -0.2) is 10.8 Å². The Hall–Kier alpha value is -1.36. The molecule has 0 aromatic heterocycles. The molecule has 90 valence electrons. The van der Waals surface area contributed by atoms with E-state index in [2.05, 4.69) is 40.8 Å². The van der Waals surface area contributed by atoms with E-state index in [1.807, 2.05) is 35.2 Å². The highest BCUT2D eigenvalue weighted by atomic mass is 127. The molecule has 0 saturated carbocycles. The Kier molecular flexibility index (Phi) is 3.07. The predicted octanol–water partition coefficient (Wildman–Crippen LogP) is 3.45. The quantitative estimate of drug-likeness (QED) is 0.761. The zero-order valence-electron chi connectivity index (χ0n) is 9.77. The van der Waals surface area contributed by atoms with Crippen LogP contribution in [-0.2, 0) is 13.1 Å². The Morgan fingerprint density at radius 3 is 2.56 bits per heavy atom. The highest BCUT2D eigenvalue weighted by Crippen LogP contribution is 2.28. The molecule has 1 aliphatic rings. The van der Waals surface area contributed by atoms with Gasteiger partial charge in [0.05, 0.1) is 0 Å². The zero-order valence-corrected chi connectivity index (χ0v) is 11.9. The summed E-state index contributed by atoms with van der Waals surface area (Å²) in [5.74, 6) is 0.146. The van der Waals surface area contributed by atoms with Crippen LogP contribution in [0.25, 0.3) is 0 Å². The van der Waals surface area contributed by atoms with Crippen molar-refractivity contribution >= 4 is 28.5 Å². The number of hydrogen-bond donors (Lipinski definition) is 0. The molecule has 1 amide bonds. The summed E-state index contributed by atoms with van der Waals surface area (Å²) < 4.78 is 1.18. The number of nitrogens with zero attached hydrogens (tertiary/aromatic N) is 1. The fourth-order valence-electron chi connectivity index (χ4n) is 2.28. The van der Waals surface area contributed by atoms with E-state index in [1.54, 1.807) is 0 Å². The Labute approximate surface area is 120 Å². The lowest BCUT2D eigenvalue weighted by atomic mass is 10.1. The van der Waals surface area contributed by atoms with Gasteiger partial charge in [-0.05, 0) is 45.9 Å². The molecule has 0 N–H and O–H groups in total. The van der Waals surface area contributed by atoms with Crippen molar-refractivity contribution in [1.82, 2.24) is 4.90 Å². The predicted molar refractivity (Wildman–Crippen MR) is 79.2 cm³/mol. The van der Waals surface area contributed by atoms with Gasteiger partial charge < -0.3 is 4.90 Å². The molecule has 1 aliphatic heterocycles. The lowest BCUT2D eigenvalue weighted by molar-refractivity contribution is 0.0766. The zero-order chi connectivity index (χ0) is 12.5. The number of halogens is 1. The molecule has 2 aromatic carbocycles. The normalized spacial score (nSPS) is 13.8. The number of benzene rings is 2. The van der Waals surface area contributed by atoms with Crippen molar-refractivity contribution in [3.63, 3.8) is 0 Å². The van der Waals surface area contributed by atoms with E-state index in [-0.39, 0.29) is 5.91 Å². The lowest BCUT2D eigenvalue weighted by Crippen LogP contribution is -2.23. The number of carbonyl (C=O) groups is 1. The summed E-state index contributed by atoms with van der Waals surface area (Å²) >= 11 is 2.30. The molecule has 3 rings (SSSR count). The Morgan fingerprint density at radius 1 is 1.06 bits per heavy atom. The monoisotopic (exact) mass is 349 g/mol. The summed E-state index contributed by atoms with van der Waals surface area (Å²) in [4.78, 5) is 14.2. The number of rotatable bonds is 2. The summed E-state index contributed by atoms with van der Waals surface area (Å²) in [7, 11) is 0. The summed E-state index contributed by atoms with van der Waals surface area (Å²) in [6.07, 6.45) is 0. The van der Waals surface area contributed by atoms with Crippen molar-refractivity contribution < 1.29 is 4.79 Å². The van der Waals surface area contributed by atoms with Crippen molar-refractivity contribution in [3.05, 3.63) is 68.8 Å². The van der Waals surface area contributed by atoms with Gasteiger partial charge in [0.1, 0.15) is 0 Å². The summed E-state index contributed by atoms with van der Waals surface area (Å²) in [5.41, 5.74) is 3.20. The van der Waals surface area contributed by atoms with Crippen LogP contribution in [0.15, 0.2) is 48.5 Å². The lowest BCUT2D eigenvalue weighted by Gasteiger charge is -2.15. The van der Waals surface area contributed by atoms with Crippen LogP contribution in [0.4, 0.5) is 0 Å². The molecule has 0 bridgehead atoms. The third-order valence-corrected chi connectivity index (χ3v) is 4.21. The Morgan fingerprint density at radius 2 is 1.83 bits per heavy atom. The van der Waals surface area contributed by atoms with Crippen molar-refractivity contribution in [2.75, 3.05) is 0 Å². The first-order valence-electron chi connectivity index (χ1n) is 5.86. The number of carbonyl (C=O) groups excluding carboxylic acids is 1. The van der Waals surface area contributed by atoms with E-state index in [0.717, 1.165) is 12.1 Å². The molecular formula is C15H12INO. The molecule has 0 unspecified atom stereocenters. The fraction of sp³-hybridized carbons (Fsp3) is 0.133. The smallest absolute Gasteiger partial charge is 0.254 e. The van der Waals surface area contributed by atoms with Gasteiger partial charge in [0.25, 0.3) is 5.91 Å². The summed E-state index contributed by atoms with van der Waals surface area (Å²) in [5, 5.41) is 0. The first-order chi connectivity index (χ1) is 8.75. The highest BCUT2D eigenvalue weighted by molar-refractivity contribution is 14.1. The minimum absolute atomic E-state index is 0.146. The van der Waals surface area contributed by atoms with E-state index < -0.39 is 0 Å². The molecule has 0 radical (unpaired) electrons. The minimum atomic E-state index is 0.146. The van der Waals surface area contributed by atoms with E-state index in [0.29, 0.717) is 6.54 Å². The second-order valence-corrected chi connectivity index (χ2v) is 5.57. The van der Waals surface area contributed by atoms with Gasteiger partial charge in [-0.15, -0.1) is 0 Å². The minimum Gasteiger partial charge on any atom is -0.330 e. The molecule has 0 spiro atoms. The van der Waals surface area contributed by atoms with Gasteiger partial charge in [-0.3, -0.25) is 4.79 Å². The molecule has 2 nitrogen and oxygen atoms in total. The maximum atomic E-state index is 12.3. The van der Waals surface area contributed by atoms with Gasteiger partial charge in [0, 0.05) is 22.2 Å². The topological polar surface area (TPSA) is 20.3 Å². The molecule has 0 saturated heterocycles. The van der Waals surface area contributed by atoms with Gasteiger partial charge in [0.15, 0.2) is 0 Å². The van der Waals surface area contributed by atoms with Crippen LogP contribution >= 0.6 is 22.6 Å². The van der Waals surface area contributed by atoms with E-state index >= 15 is 0 Å². The van der Waals surface area contributed by atoms with Crippen LogP contribution in [0, 0.1) is 3.57 Å². The molecule has 18 heavy (non-hydrogen) atoms. The van der Waals surface area contributed by atoms with Crippen molar-refractivity contribution in [2.24, 2.45) is 0 Å². The first-order valence-corrected chi connectivity index (χ1v) is 6.94. The summed E-state index contributed by atoms with van der Waals surface area (Å²) in [6.45, 7) is 1.41. The van der Waals surface area contributed by atoms with Crippen molar-refractivity contribution in [3.8, 4) is 0 Å². The van der Waals surface area contributed by atoms with Gasteiger partial charge in [-0.2, -0.15) is 0 Å². The van der Waals surface area contributed by atoms with Crippen LogP contribution in [0.5, 0.6) is 0 Å².